The summed E-state index contributed by atoms with van der Waals surface area (Å²) in [6.45, 7) is -0.116. The second-order valence-electron chi connectivity index (χ2n) is 5.07. The molecule has 23 heavy (non-hydrogen) atoms. The molecular formula is C18H20O3S2. The molecule has 0 radical (unpaired) electrons. The van der Waals surface area contributed by atoms with Crippen molar-refractivity contribution in [1.82, 2.24) is 0 Å². The van der Waals surface area contributed by atoms with Crippen LogP contribution >= 0.6 is 11.8 Å². The number of thioether (sulfide) groups is 1. The average molecular weight is 348 g/mol. The topological polar surface area (TPSA) is 54.4 Å². The molecule has 0 aliphatic heterocycles. The van der Waals surface area contributed by atoms with Gasteiger partial charge in [-0.05, 0) is 48.1 Å². The zero-order chi connectivity index (χ0) is 16.7. The van der Waals surface area contributed by atoms with Crippen molar-refractivity contribution < 1.29 is 13.5 Å². The molecular weight excluding hydrogens is 328 g/mol. The van der Waals surface area contributed by atoms with Gasteiger partial charge in [0.05, 0.1) is 10.6 Å². The van der Waals surface area contributed by atoms with Gasteiger partial charge >= 0.3 is 0 Å². The van der Waals surface area contributed by atoms with Gasteiger partial charge in [0.25, 0.3) is 0 Å². The third-order valence-corrected chi connectivity index (χ3v) is 5.95. The fourth-order valence-electron chi connectivity index (χ4n) is 2.07. The lowest BCUT2D eigenvalue weighted by molar-refractivity contribution is 0.295. The van der Waals surface area contributed by atoms with Crippen LogP contribution in [0.25, 0.3) is 12.2 Å². The van der Waals surface area contributed by atoms with E-state index in [2.05, 4.69) is 24.3 Å². The van der Waals surface area contributed by atoms with Gasteiger partial charge in [-0.1, -0.05) is 36.4 Å². The molecule has 3 nitrogen and oxygen atoms in total. The lowest BCUT2D eigenvalue weighted by Gasteiger charge is -2.03. The summed E-state index contributed by atoms with van der Waals surface area (Å²) in [5.74, 6) is -0.0273. The molecule has 0 spiro atoms. The third-order valence-electron chi connectivity index (χ3n) is 3.39. The van der Waals surface area contributed by atoms with Crippen molar-refractivity contribution in [3.63, 3.8) is 0 Å². The Labute approximate surface area is 142 Å². The number of rotatable bonds is 7. The number of benzene rings is 2. The predicted molar refractivity (Wildman–Crippen MR) is 97.3 cm³/mol. The first-order valence-electron chi connectivity index (χ1n) is 7.31. The summed E-state index contributed by atoms with van der Waals surface area (Å²) < 4.78 is 24.0. The molecule has 2 aromatic carbocycles. The van der Waals surface area contributed by atoms with E-state index < -0.39 is 9.84 Å². The van der Waals surface area contributed by atoms with Crippen molar-refractivity contribution in [2.45, 2.75) is 16.2 Å². The molecule has 0 aliphatic carbocycles. The summed E-state index contributed by atoms with van der Waals surface area (Å²) >= 11 is 1.70. The molecule has 0 bridgehead atoms. The Morgan fingerprint density at radius 2 is 1.48 bits per heavy atom. The van der Waals surface area contributed by atoms with Gasteiger partial charge in [0.15, 0.2) is 9.84 Å². The predicted octanol–water partition coefficient (Wildman–Crippen LogP) is 3.74. The molecule has 0 saturated heterocycles. The maximum absolute atomic E-state index is 12.0. The van der Waals surface area contributed by atoms with Crippen LogP contribution in [0.2, 0.25) is 0 Å². The summed E-state index contributed by atoms with van der Waals surface area (Å²) in [6.07, 6.45) is 6.26. The Hall–Kier alpha value is -1.56. The first-order valence-corrected chi connectivity index (χ1v) is 10.2. The van der Waals surface area contributed by atoms with E-state index in [9.17, 15) is 8.42 Å². The van der Waals surface area contributed by atoms with Gasteiger partial charge in [-0.2, -0.15) is 0 Å². The van der Waals surface area contributed by atoms with Crippen molar-refractivity contribution in [2.75, 3.05) is 18.6 Å². The van der Waals surface area contributed by atoms with Crippen LogP contribution < -0.4 is 0 Å². The summed E-state index contributed by atoms with van der Waals surface area (Å²) in [6, 6.07) is 15.1. The van der Waals surface area contributed by atoms with Gasteiger partial charge in [-0.3, -0.25) is 0 Å². The summed E-state index contributed by atoms with van der Waals surface area (Å²) in [7, 11) is -3.30. The molecule has 0 saturated carbocycles. The van der Waals surface area contributed by atoms with Gasteiger partial charge < -0.3 is 5.11 Å². The van der Waals surface area contributed by atoms with Crippen molar-refractivity contribution in [2.24, 2.45) is 0 Å². The highest BCUT2D eigenvalue weighted by Crippen LogP contribution is 2.18. The standard InChI is InChI=1S/C18H20O3S2/c1-22-17-9-5-15(6-10-17)3-4-16-7-11-18(12-8-16)23(20,21)14-2-13-19/h3-12,19H,2,13-14H2,1H3. The quantitative estimate of drug-likeness (QED) is 0.612. The summed E-state index contributed by atoms with van der Waals surface area (Å²) in [5, 5.41) is 8.76. The lowest BCUT2D eigenvalue weighted by atomic mass is 10.1. The molecule has 1 N–H and O–H groups in total. The minimum Gasteiger partial charge on any atom is -0.396 e. The van der Waals surface area contributed by atoms with Crippen LogP contribution in [0, 0.1) is 0 Å². The van der Waals surface area contributed by atoms with Crippen LogP contribution in [-0.2, 0) is 9.84 Å². The third kappa shape index (κ3) is 5.23. The molecule has 0 atom stereocenters. The van der Waals surface area contributed by atoms with Gasteiger partial charge in [0.2, 0.25) is 0 Å². The Morgan fingerprint density at radius 3 is 1.96 bits per heavy atom. The van der Waals surface area contributed by atoms with Crippen LogP contribution in [0.3, 0.4) is 0 Å². The monoisotopic (exact) mass is 348 g/mol. The molecule has 5 heteroatoms. The maximum Gasteiger partial charge on any atom is 0.178 e. The number of aliphatic hydroxyl groups is 1. The normalized spacial score (nSPS) is 11.9. The second-order valence-corrected chi connectivity index (χ2v) is 8.06. The Morgan fingerprint density at radius 1 is 0.957 bits per heavy atom. The minimum absolute atomic E-state index is 0.0273. The number of aliphatic hydroxyl groups excluding tert-OH is 1. The van der Waals surface area contributed by atoms with E-state index in [1.807, 2.05) is 18.4 Å². The van der Waals surface area contributed by atoms with E-state index in [0.717, 1.165) is 11.1 Å². The first kappa shape index (κ1) is 17.8. The van der Waals surface area contributed by atoms with Crippen molar-refractivity contribution in [3.05, 3.63) is 59.7 Å². The number of sulfone groups is 1. The zero-order valence-electron chi connectivity index (χ0n) is 13.0. The van der Waals surface area contributed by atoms with Crippen LogP contribution in [0.4, 0.5) is 0 Å². The fourth-order valence-corrected chi connectivity index (χ4v) is 3.77. The number of hydrogen-bond donors (Lipinski definition) is 1. The van der Waals surface area contributed by atoms with Gasteiger partial charge in [-0.25, -0.2) is 8.42 Å². The first-order chi connectivity index (χ1) is 11.0. The van der Waals surface area contributed by atoms with Gasteiger partial charge in [0.1, 0.15) is 0 Å². The Balaban J connectivity index is 2.08. The molecule has 0 amide bonds. The largest absolute Gasteiger partial charge is 0.396 e. The van der Waals surface area contributed by atoms with E-state index in [-0.39, 0.29) is 18.8 Å². The van der Waals surface area contributed by atoms with Gasteiger partial charge in [-0.15, -0.1) is 11.8 Å². The molecule has 122 valence electrons. The zero-order valence-corrected chi connectivity index (χ0v) is 14.6. The Bertz CT molecular complexity index is 746. The Kier molecular flexibility index (Phi) is 6.45. The molecule has 0 aromatic heterocycles. The van der Waals surface area contributed by atoms with Crippen LogP contribution in [0.5, 0.6) is 0 Å². The van der Waals surface area contributed by atoms with Crippen molar-refractivity contribution >= 4 is 33.8 Å². The van der Waals surface area contributed by atoms with Crippen LogP contribution in [0.15, 0.2) is 58.3 Å². The smallest absolute Gasteiger partial charge is 0.178 e. The van der Waals surface area contributed by atoms with Crippen LogP contribution in [0.1, 0.15) is 17.5 Å². The summed E-state index contributed by atoms with van der Waals surface area (Å²) in [4.78, 5) is 1.52. The summed E-state index contributed by atoms with van der Waals surface area (Å²) in [5.41, 5.74) is 2.04. The SMILES string of the molecule is CSc1ccc(C=Cc2ccc(S(=O)(=O)CCCO)cc2)cc1. The molecule has 0 unspecified atom stereocenters. The van der Waals surface area contributed by atoms with Gasteiger partial charge in [0, 0.05) is 11.5 Å². The average Bonchev–Trinajstić information content (AvgIpc) is 2.59. The van der Waals surface area contributed by atoms with E-state index in [1.54, 1.807) is 36.0 Å². The molecule has 2 rings (SSSR count). The fraction of sp³-hybridized carbons (Fsp3) is 0.222. The van der Waals surface area contributed by atoms with Crippen molar-refractivity contribution in [1.29, 1.82) is 0 Å². The highest BCUT2D eigenvalue weighted by atomic mass is 32.2. The van der Waals surface area contributed by atoms with E-state index in [1.165, 1.54) is 4.90 Å². The van der Waals surface area contributed by atoms with E-state index in [4.69, 9.17) is 5.11 Å². The van der Waals surface area contributed by atoms with E-state index in [0.29, 0.717) is 4.90 Å². The second kappa shape index (κ2) is 8.34. The molecule has 0 heterocycles. The lowest BCUT2D eigenvalue weighted by Crippen LogP contribution is -2.08. The van der Waals surface area contributed by atoms with Crippen molar-refractivity contribution in [3.8, 4) is 0 Å². The highest BCUT2D eigenvalue weighted by Gasteiger charge is 2.12. The molecule has 0 fully saturated rings. The highest BCUT2D eigenvalue weighted by molar-refractivity contribution is 7.98. The molecule has 2 aromatic rings. The maximum atomic E-state index is 12.0. The van der Waals surface area contributed by atoms with Crippen LogP contribution in [-0.4, -0.2) is 32.1 Å². The minimum atomic E-state index is -3.30. The number of hydrogen-bond acceptors (Lipinski definition) is 4. The molecule has 0 aliphatic rings. The van der Waals surface area contributed by atoms with E-state index >= 15 is 0 Å².